The molecular formula is C16H25N5. The lowest BCUT2D eigenvalue weighted by Gasteiger charge is -2.23. The molecule has 1 aliphatic rings. The maximum Gasteiger partial charge on any atom is 0.157 e. The van der Waals surface area contributed by atoms with Gasteiger partial charge in [0.1, 0.15) is 5.82 Å². The Labute approximate surface area is 126 Å². The molecular weight excluding hydrogens is 262 g/mol. The molecule has 0 saturated carbocycles. The van der Waals surface area contributed by atoms with Crippen LogP contribution in [0.2, 0.25) is 0 Å². The van der Waals surface area contributed by atoms with Gasteiger partial charge >= 0.3 is 0 Å². The quantitative estimate of drug-likeness (QED) is 0.918. The van der Waals surface area contributed by atoms with Crippen molar-refractivity contribution >= 4 is 11.5 Å². The molecule has 0 radical (unpaired) electrons. The fraction of sp³-hybridized carbons (Fsp3) is 0.625. The van der Waals surface area contributed by atoms with E-state index in [9.17, 15) is 0 Å². The molecule has 5 nitrogen and oxygen atoms in total. The van der Waals surface area contributed by atoms with E-state index in [1.54, 1.807) is 0 Å². The van der Waals surface area contributed by atoms with Crippen LogP contribution in [0.5, 0.6) is 0 Å². The number of hydrogen-bond acceptors (Lipinski definition) is 4. The molecule has 21 heavy (non-hydrogen) atoms. The van der Waals surface area contributed by atoms with Gasteiger partial charge in [0.15, 0.2) is 5.65 Å². The van der Waals surface area contributed by atoms with Gasteiger partial charge in [0.2, 0.25) is 0 Å². The summed E-state index contributed by atoms with van der Waals surface area (Å²) < 4.78 is 1.90. The number of nitrogens with zero attached hydrogens (tertiary/aromatic N) is 4. The minimum Gasteiger partial charge on any atom is -0.368 e. The monoisotopic (exact) mass is 287 g/mol. The van der Waals surface area contributed by atoms with Crippen LogP contribution in [0.1, 0.15) is 45.2 Å². The van der Waals surface area contributed by atoms with Crippen LogP contribution < -0.4 is 5.32 Å². The maximum absolute atomic E-state index is 4.66. The van der Waals surface area contributed by atoms with Gasteiger partial charge in [-0.25, -0.2) is 4.98 Å². The van der Waals surface area contributed by atoms with E-state index >= 15 is 0 Å². The third-order valence-corrected chi connectivity index (χ3v) is 4.39. The van der Waals surface area contributed by atoms with Crippen LogP contribution in [0.4, 0.5) is 5.82 Å². The molecule has 3 heterocycles. The molecule has 114 valence electrons. The van der Waals surface area contributed by atoms with Gasteiger partial charge in [-0.3, -0.25) is 4.90 Å². The Balaban J connectivity index is 1.81. The predicted molar refractivity (Wildman–Crippen MR) is 85.8 cm³/mol. The number of fused-ring (bicyclic) bond motifs is 1. The molecule has 0 bridgehead atoms. The molecule has 1 atom stereocenters. The SMILES string of the molecule is CCN1CCC[C@@H]1CNc1cc(C(C)C)nc2ccnn12. The van der Waals surface area contributed by atoms with Crippen molar-refractivity contribution in [2.75, 3.05) is 25.0 Å². The molecule has 1 saturated heterocycles. The summed E-state index contributed by atoms with van der Waals surface area (Å²) in [6.07, 6.45) is 4.40. The van der Waals surface area contributed by atoms with E-state index in [0.29, 0.717) is 12.0 Å². The van der Waals surface area contributed by atoms with E-state index in [4.69, 9.17) is 0 Å². The third kappa shape index (κ3) is 2.88. The largest absolute Gasteiger partial charge is 0.368 e. The second-order valence-corrected chi connectivity index (χ2v) is 6.13. The second-order valence-electron chi connectivity index (χ2n) is 6.13. The Morgan fingerprint density at radius 3 is 3.05 bits per heavy atom. The molecule has 0 aromatic carbocycles. The van der Waals surface area contributed by atoms with Crippen LogP contribution in [-0.4, -0.2) is 45.2 Å². The van der Waals surface area contributed by atoms with E-state index in [1.165, 1.54) is 19.4 Å². The summed E-state index contributed by atoms with van der Waals surface area (Å²) >= 11 is 0. The summed E-state index contributed by atoms with van der Waals surface area (Å²) in [4.78, 5) is 7.21. The minimum atomic E-state index is 0.420. The molecule has 5 heteroatoms. The van der Waals surface area contributed by atoms with Crippen LogP contribution in [0.25, 0.3) is 5.65 Å². The van der Waals surface area contributed by atoms with E-state index in [1.807, 2.05) is 16.8 Å². The first-order valence-electron chi connectivity index (χ1n) is 8.01. The van der Waals surface area contributed by atoms with Gasteiger partial charge in [-0.2, -0.15) is 9.61 Å². The summed E-state index contributed by atoms with van der Waals surface area (Å²) in [6, 6.07) is 4.73. The lowest BCUT2D eigenvalue weighted by molar-refractivity contribution is 0.277. The Kier molecular flexibility index (Phi) is 4.10. The number of nitrogens with one attached hydrogen (secondary N) is 1. The number of aromatic nitrogens is 3. The van der Waals surface area contributed by atoms with E-state index in [2.05, 4.69) is 47.1 Å². The first kappa shape index (κ1) is 14.3. The van der Waals surface area contributed by atoms with Gasteiger partial charge in [-0.05, 0) is 31.8 Å². The van der Waals surface area contributed by atoms with Crippen molar-refractivity contribution in [3.8, 4) is 0 Å². The summed E-state index contributed by atoms with van der Waals surface area (Å²) in [7, 11) is 0. The summed E-state index contributed by atoms with van der Waals surface area (Å²) in [5, 5.41) is 7.98. The summed E-state index contributed by atoms with van der Waals surface area (Å²) in [5.41, 5.74) is 2.03. The number of likely N-dealkylation sites (N-methyl/N-ethyl adjacent to an activating group) is 1. The molecule has 3 rings (SSSR count). The van der Waals surface area contributed by atoms with Gasteiger partial charge in [-0.1, -0.05) is 20.8 Å². The van der Waals surface area contributed by atoms with Gasteiger partial charge < -0.3 is 5.32 Å². The van der Waals surface area contributed by atoms with E-state index in [0.717, 1.165) is 30.2 Å². The van der Waals surface area contributed by atoms with Crippen LogP contribution >= 0.6 is 0 Å². The van der Waals surface area contributed by atoms with Gasteiger partial charge in [0.05, 0.1) is 6.20 Å². The fourth-order valence-corrected chi connectivity index (χ4v) is 3.12. The smallest absolute Gasteiger partial charge is 0.157 e. The average molecular weight is 287 g/mol. The van der Waals surface area contributed by atoms with Crippen molar-refractivity contribution in [3.05, 3.63) is 24.0 Å². The first-order valence-corrected chi connectivity index (χ1v) is 8.01. The zero-order chi connectivity index (χ0) is 14.8. The zero-order valence-corrected chi connectivity index (χ0v) is 13.2. The van der Waals surface area contributed by atoms with Crippen molar-refractivity contribution in [1.29, 1.82) is 0 Å². The summed E-state index contributed by atoms with van der Waals surface area (Å²) in [6.45, 7) is 9.94. The number of hydrogen-bond donors (Lipinski definition) is 1. The Morgan fingerprint density at radius 1 is 1.43 bits per heavy atom. The highest BCUT2D eigenvalue weighted by molar-refractivity contribution is 5.49. The molecule has 1 fully saturated rings. The van der Waals surface area contributed by atoms with Crippen molar-refractivity contribution in [3.63, 3.8) is 0 Å². The highest BCUT2D eigenvalue weighted by atomic mass is 15.3. The Morgan fingerprint density at radius 2 is 2.29 bits per heavy atom. The third-order valence-electron chi connectivity index (χ3n) is 4.39. The average Bonchev–Trinajstić information content (AvgIpc) is 3.12. The van der Waals surface area contributed by atoms with Gasteiger partial charge in [0.25, 0.3) is 0 Å². The summed E-state index contributed by atoms with van der Waals surface area (Å²) in [5.74, 6) is 1.47. The van der Waals surface area contributed by atoms with Gasteiger partial charge in [0, 0.05) is 30.4 Å². The van der Waals surface area contributed by atoms with Crippen LogP contribution in [-0.2, 0) is 0 Å². The zero-order valence-electron chi connectivity index (χ0n) is 13.2. The highest BCUT2D eigenvalue weighted by Crippen LogP contribution is 2.21. The lowest BCUT2D eigenvalue weighted by Crippen LogP contribution is -2.35. The molecule has 1 N–H and O–H groups in total. The predicted octanol–water partition coefficient (Wildman–Crippen LogP) is 2.75. The molecule has 1 aliphatic heterocycles. The molecule has 2 aromatic rings. The lowest BCUT2D eigenvalue weighted by atomic mass is 10.1. The van der Waals surface area contributed by atoms with Crippen LogP contribution in [0, 0.1) is 0 Å². The maximum atomic E-state index is 4.66. The van der Waals surface area contributed by atoms with Crippen molar-refractivity contribution in [1.82, 2.24) is 19.5 Å². The fourth-order valence-electron chi connectivity index (χ4n) is 3.12. The number of rotatable bonds is 5. The molecule has 0 aliphatic carbocycles. The van der Waals surface area contributed by atoms with E-state index < -0.39 is 0 Å². The van der Waals surface area contributed by atoms with Crippen LogP contribution in [0.3, 0.4) is 0 Å². The van der Waals surface area contributed by atoms with Crippen molar-refractivity contribution < 1.29 is 0 Å². The standard InChI is InChI=1S/C16H25N5/c1-4-20-9-5-6-13(20)11-17-16-10-14(12(2)3)19-15-7-8-18-21(15)16/h7-8,10,12-13,17H,4-6,9,11H2,1-3H3/t13-/m1/s1. The van der Waals surface area contributed by atoms with Crippen molar-refractivity contribution in [2.45, 2.75) is 45.6 Å². The molecule has 0 spiro atoms. The minimum absolute atomic E-state index is 0.420. The topological polar surface area (TPSA) is 45.5 Å². The highest BCUT2D eigenvalue weighted by Gasteiger charge is 2.22. The number of likely N-dealkylation sites (tertiary alicyclic amines) is 1. The number of anilines is 1. The normalized spacial score (nSPS) is 19.7. The molecule has 2 aromatic heterocycles. The van der Waals surface area contributed by atoms with Gasteiger partial charge in [-0.15, -0.1) is 0 Å². The molecule has 0 unspecified atom stereocenters. The first-order chi connectivity index (χ1) is 10.2. The van der Waals surface area contributed by atoms with Crippen molar-refractivity contribution in [2.24, 2.45) is 0 Å². The van der Waals surface area contributed by atoms with E-state index in [-0.39, 0.29) is 0 Å². The molecule has 0 amide bonds. The van der Waals surface area contributed by atoms with Crippen LogP contribution in [0.15, 0.2) is 18.3 Å². The second kappa shape index (κ2) is 6.02. The Hall–Kier alpha value is -1.62. The Bertz CT molecular complexity index is 604.